The summed E-state index contributed by atoms with van der Waals surface area (Å²) in [6.07, 6.45) is 1.95. The summed E-state index contributed by atoms with van der Waals surface area (Å²) in [6.45, 7) is 3.85. The third kappa shape index (κ3) is 5.82. The number of nitrogens with one attached hydrogen (secondary N) is 1. The molecular formula is C20H25ClN3O4SSe. The maximum Gasteiger partial charge on any atom is -0.147 e. The van der Waals surface area contributed by atoms with Gasteiger partial charge in [-0.2, -0.15) is 0 Å². The van der Waals surface area contributed by atoms with Crippen LogP contribution in [0.2, 0.25) is 0 Å². The molecule has 0 bridgehead atoms. The molecule has 1 aromatic rings. The first-order valence-corrected chi connectivity index (χ1v) is 11.0. The van der Waals surface area contributed by atoms with Crippen LogP contribution in [-0.2, 0) is 19.1 Å². The predicted octanol–water partition coefficient (Wildman–Crippen LogP) is 2.26. The minimum Gasteiger partial charge on any atom is -0.147 e. The third-order valence-corrected chi connectivity index (χ3v) is 5.47. The van der Waals surface area contributed by atoms with Crippen LogP contribution in [-0.4, -0.2) is 59.2 Å². The number of benzene rings is 1. The van der Waals surface area contributed by atoms with Crippen LogP contribution >= 0.6 is 24.2 Å². The molecule has 1 heterocycles. The van der Waals surface area contributed by atoms with Gasteiger partial charge in [0, 0.05) is 0 Å². The molecule has 1 radical (unpaired) electrons. The second-order valence-electron chi connectivity index (χ2n) is 6.10. The number of carbonyl (C=O) groups excluding carboxylic acids is 2. The molecule has 0 saturated carbocycles. The maximum absolute atomic E-state index is 13.0. The molecule has 0 fully saturated rings. The number of nitrogens with two attached hydrogens (primary N) is 1. The van der Waals surface area contributed by atoms with Crippen LogP contribution in [0.4, 0.5) is 0 Å². The molecule has 0 aromatic heterocycles. The van der Waals surface area contributed by atoms with Crippen molar-refractivity contribution >= 4 is 56.9 Å². The largest absolute Gasteiger partial charge is 0.147 e. The van der Waals surface area contributed by atoms with E-state index in [-0.39, 0.29) is 30.3 Å². The number of nitrogens with zero attached hydrogens (tertiary/aromatic N) is 1. The zero-order valence-electron chi connectivity index (χ0n) is 17.2. The number of amidine groups is 1. The van der Waals surface area contributed by atoms with E-state index in [1.165, 1.54) is 18.9 Å². The molecule has 2 rings (SSSR count). The Kier molecular flexibility index (Phi) is 10.5. The summed E-state index contributed by atoms with van der Waals surface area (Å²) < 4.78 is 10.6. The Balaban J connectivity index is 0.00000450. The molecule has 30 heavy (non-hydrogen) atoms. The molecule has 3 N–H and O–H groups in total. The summed E-state index contributed by atoms with van der Waals surface area (Å²) in [4.78, 5) is 30.9. The summed E-state index contributed by atoms with van der Waals surface area (Å²) in [6, 6.07) is 7.64. The molecule has 0 amide bonds. The smallest absolute Gasteiger partial charge is 0.147 e. The second-order valence-corrected chi connectivity index (χ2v) is 7.82. The van der Waals surface area contributed by atoms with Crippen LogP contribution in [0.3, 0.4) is 0 Å². The Labute approximate surface area is 195 Å². The van der Waals surface area contributed by atoms with E-state index in [1.54, 1.807) is 13.8 Å². The molecular weight excluding hydrogens is 493 g/mol. The van der Waals surface area contributed by atoms with E-state index in [2.05, 4.69) is 26.3 Å². The fourth-order valence-electron chi connectivity index (χ4n) is 3.22. The van der Waals surface area contributed by atoms with Crippen molar-refractivity contribution in [3.8, 4) is 0 Å². The molecule has 10 heteroatoms. The number of hydrogen-bond acceptors (Lipinski definition) is 7. The monoisotopic (exact) mass is 518 g/mol. The number of dihydropyridines is 1. The predicted molar refractivity (Wildman–Crippen MR) is 122 cm³/mol. The van der Waals surface area contributed by atoms with Crippen LogP contribution in [0.1, 0.15) is 25.3 Å². The fourth-order valence-corrected chi connectivity index (χ4v) is 4.00. The standard InChI is InChI=1S/C20H24N3O4SSe.ClH/c1-5-27-19(25)17-13(10-22-20(21)29)23-11(2)15(18(24)26-3)16(17)12-8-6-7-9-14(12)28-4;/h6-9,16,23H,5,10H2,1-4H3,(H2,21,22);1H. The van der Waals surface area contributed by atoms with E-state index in [1.807, 2.05) is 30.5 Å². The molecule has 1 aliphatic heterocycles. The summed E-state index contributed by atoms with van der Waals surface area (Å²) in [5.74, 6) is -1.68. The second kappa shape index (κ2) is 12.1. The average molecular weight is 518 g/mol. The molecule has 1 atom stereocenters. The van der Waals surface area contributed by atoms with Gasteiger partial charge in [-0.25, -0.2) is 0 Å². The van der Waals surface area contributed by atoms with Crippen LogP contribution < -0.4 is 11.1 Å². The van der Waals surface area contributed by atoms with E-state index in [4.69, 9.17) is 15.2 Å². The number of esters is 2. The van der Waals surface area contributed by atoms with Gasteiger partial charge >= 0.3 is 183 Å². The first-order valence-electron chi connectivity index (χ1n) is 8.91. The fraction of sp³-hybridized carbons (Fsp3) is 0.350. The Morgan fingerprint density at radius 3 is 2.50 bits per heavy atom. The van der Waals surface area contributed by atoms with Gasteiger partial charge in [0.15, 0.2) is 0 Å². The van der Waals surface area contributed by atoms with E-state index < -0.39 is 17.9 Å². The van der Waals surface area contributed by atoms with Crippen LogP contribution in [0, 0.1) is 0 Å². The van der Waals surface area contributed by atoms with E-state index in [0.29, 0.717) is 22.5 Å². The van der Waals surface area contributed by atoms with Crippen molar-refractivity contribution < 1.29 is 19.1 Å². The normalized spacial score (nSPS) is 16.5. The van der Waals surface area contributed by atoms with Gasteiger partial charge in [0.05, 0.1) is 0 Å². The van der Waals surface area contributed by atoms with Gasteiger partial charge in [0.2, 0.25) is 0 Å². The van der Waals surface area contributed by atoms with E-state index in [9.17, 15) is 9.59 Å². The van der Waals surface area contributed by atoms with Gasteiger partial charge in [-0.1, -0.05) is 0 Å². The van der Waals surface area contributed by atoms with Crippen molar-refractivity contribution in [1.82, 2.24) is 5.32 Å². The topological polar surface area (TPSA) is 103 Å². The number of hydrogen-bond donors (Lipinski definition) is 2. The summed E-state index contributed by atoms with van der Waals surface area (Å²) in [7, 11) is 1.32. The Morgan fingerprint density at radius 2 is 1.93 bits per heavy atom. The number of methoxy groups -OCH3 is 1. The summed E-state index contributed by atoms with van der Waals surface area (Å²) >= 11 is 4.16. The van der Waals surface area contributed by atoms with E-state index in [0.717, 1.165) is 10.5 Å². The Bertz CT molecular complexity index is 898. The number of allylic oxidation sites excluding steroid dienone is 1. The molecule has 1 aromatic carbocycles. The van der Waals surface area contributed by atoms with Crippen molar-refractivity contribution in [1.29, 1.82) is 0 Å². The average Bonchev–Trinajstić information content (AvgIpc) is 2.71. The SMILES string of the molecule is CCOC(=O)C1=C(CN=C(N)[Se])NC(C)=C(C(=O)OC)C1c1ccccc1SC.Cl. The zero-order valence-corrected chi connectivity index (χ0v) is 20.5. The quantitative estimate of drug-likeness (QED) is 0.188. The Hall–Kier alpha value is -1.93. The zero-order chi connectivity index (χ0) is 21.6. The number of aliphatic imine (C=N–C) groups is 1. The van der Waals surface area contributed by atoms with Crippen LogP contribution in [0.15, 0.2) is 56.7 Å². The molecule has 0 spiro atoms. The molecule has 7 nitrogen and oxygen atoms in total. The molecule has 1 unspecified atom stereocenters. The van der Waals surface area contributed by atoms with Crippen molar-refractivity contribution in [3.05, 3.63) is 52.4 Å². The van der Waals surface area contributed by atoms with Crippen molar-refractivity contribution in [3.63, 3.8) is 0 Å². The summed E-state index contributed by atoms with van der Waals surface area (Å²) in [5, 5.41) is 3.14. The van der Waals surface area contributed by atoms with Crippen molar-refractivity contribution in [2.24, 2.45) is 10.7 Å². The molecule has 0 aliphatic carbocycles. The van der Waals surface area contributed by atoms with Crippen LogP contribution in [0.5, 0.6) is 0 Å². The maximum atomic E-state index is 13.0. The van der Waals surface area contributed by atoms with Gasteiger partial charge in [-0.05, 0) is 0 Å². The number of carbonyl (C=O) groups is 2. The number of ether oxygens (including phenoxy) is 2. The van der Waals surface area contributed by atoms with Gasteiger partial charge in [-0.3, -0.25) is 0 Å². The van der Waals surface area contributed by atoms with Gasteiger partial charge in [-0.15, -0.1) is 12.4 Å². The van der Waals surface area contributed by atoms with Gasteiger partial charge < -0.3 is 0 Å². The van der Waals surface area contributed by atoms with Crippen molar-refractivity contribution in [2.45, 2.75) is 24.7 Å². The first kappa shape index (κ1) is 26.1. The van der Waals surface area contributed by atoms with E-state index >= 15 is 0 Å². The Morgan fingerprint density at radius 1 is 1.27 bits per heavy atom. The number of rotatable bonds is 7. The number of thioether (sulfide) groups is 1. The molecule has 163 valence electrons. The van der Waals surface area contributed by atoms with Crippen molar-refractivity contribution in [2.75, 3.05) is 26.5 Å². The van der Waals surface area contributed by atoms with Crippen LogP contribution in [0.25, 0.3) is 0 Å². The van der Waals surface area contributed by atoms with Gasteiger partial charge in [0.25, 0.3) is 0 Å². The molecule has 0 saturated heterocycles. The van der Waals surface area contributed by atoms with Gasteiger partial charge in [0.1, 0.15) is 0 Å². The first-order chi connectivity index (χ1) is 13.8. The minimum atomic E-state index is -0.654. The third-order valence-electron chi connectivity index (χ3n) is 4.39. The molecule has 1 aliphatic rings. The number of halogens is 1. The summed E-state index contributed by atoms with van der Waals surface area (Å²) in [5.41, 5.74) is 8.29. The minimum absolute atomic E-state index is 0.